The standard InChI is InChI=1S/C61H108O6/c1-4-7-10-13-16-19-22-25-28-29-30-31-32-34-36-39-42-45-48-51-54-60(63)66-57-58(56-65-59(62)53-50-47-44-41-38-35-27-24-21-18-15-12-9-6-3)67-61(64)55-52-49-46-43-40-37-33-26-23-20-17-14-11-8-5-2/h8,11,17,20,24,26-27,33,40,43,58H,4-7,9-10,12-16,18-19,21-23,25,28-32,34-39,41-42,44-57H2,1-3H3/b11-8-,20-17-,27-24-,33-26-,43-40-. The molecule has 0 aliphatic rings. The minimum Gasteiger partial charge on any atom is -0.462 e. The van der Waals surface area contributed by atoms with Crippen LogP contribution < -0.4 is 0 Å². The number of esters is 3. The van der Waals surface area contributed by atoms with Gasteiger partial charge in [0.15, 0.2) is 6.10 Å². The Balaban J connectivity index is 4.37. The number of hydrogen-bond acceptors (Lipinski definition) is 6. The zero-order valence-corrected chi connectivity index (χ0v) is 44.4. The van der Waals surface area contributed by atoms with Crippen molar-refractivity contribution in [2.45, 2.75) is 297 Å². The molecular formula is C61H108O6. The van der Waals surface area contributed by atoms with Gasteiger partial charge in [0.1, 0.15) is 13.2 Å². The third kappa shape index (κ3) is 53.9. The molecule has 0 amide bonds. The van der Waals surface area contributed by atoms with Crippen molar-refractivity contribution in [2.75, 3.05) is 13.2 Å². The summed E-state index contributed by atoms with van der Waals surface area (Å²) >= 11 is 0. The fraction of sp³-hybridized carbons (Fsp3) is 0.787. The molecule has 0 fully saturated rings. The number of carbonyl (C=O) groups excluding carboxylic acids is 3. The van der Waals surface area contributed by atoms with E-state index < -0.39 is 6.10 Å². The molecule has 0 radical (unpaired) electrons. The topological polar surface area (TPSA) is 78.9 Å². The van der Waals surface area contributed by atoms with Crippen LogP contribution in [0.5, 0.6) is 0 Å². The maximum Gasteiger partial charge on any atom is 0.306 e. The molecule has 0 aromatic rings. The fourth-order valence-electron chi connectivity index (χ4n) is 8.19. The molecule has 0 aromatic carbocycles. The van der Waals surface area contributed by atoms with Crippen LogP contribution in [0.25, 0.3) is 0 Å². The first kappa shape index (κ1) is 64.1. The summed E-state index contributed by atoms with van der Waals surface area (Å²) in [6.45, 7) is 6.50. The Morgan fingerprint density at radius 1 is 0.313 bits per heavy atom. The van der Waals surface area contributed by atoms with E-state index in [4.69, 9.17) is 14.2 Å². The minimum atomic E-state index is -0.797. The molecule has 0 aliphatic carbocycles. The van der Waals surface area contributed by atoms with Gasteiger partial charge in [-0.3, -0.25) is 14.4 Å². The summed E-state index contributed by atoms with van der Waals surface area (Å²) in [6.07, 6.45) is 69.3. The summed E-state index contributed by atoms with van der Waals surface area (Å²) in [5.41, 5.74) is 0. The van der Waals surface area contributed by atoms with Gasteiger partial charge in [-0.05, 0) is 83.5 Å². The van der Waals surface area contributed by atoms with Crippen molar-refractivity contribution in [3.05, 3.63) is 60.8 Å². The second kappa shape index (κ2) is 55.7. The lowest BCUT2D eigenvalue weighted by Crippen LogP contribution is -2.30. The number of ether oxygens (including phenoxy) is 3. The quantitative estimate of drug-likeness (QED) is 0.0262. The predicted octanol–water partition coefficient (Wildman–Crippen LogP) is 19.2. The zero-order valence-electron chi connectivity index (χ0n) is 44.4. The molecule has 0 N–H and O–H groups in total. The number of rotatable bonds is 52. The highest BCUT2D eigenvalue weighted by Crippen LogP contribution is 2.16. The summed E-state index contributed by atoms with van der Waals surface area (Å²) in [5.74, 6) is -0.930. The smallest absolute Gasteiger partial charge is 0.306 e. The zero-order chi connectivity index (χ0) is 48.6. The Kier molecular flexibility index (Phi) is 53.3. The van der Waals surface area contributed by atoms with E-state index in [0.29, 0.717) is 19.3 Å². The van der Waals surface area contributed by atoms with Gasteiger partial charge in [0.25, 0.3) is 0 Å². The Labute approximate surface area is 415 Å². The first-order chi connectivity index (χ1) is 33.0. The number of unbranched alkanes of at least 4 members (excludes halogenated alkanes) is 31. The molecule has 0 saturated carbocycles. The molecule has 6 nitrogen and oxygen atoms in total. The molecule has 0 heterocycles. The van der Waals surface area contributed by atoms with Gasteiger partial charge in [-0.1, -0.05) is 248 Å². The second-order valence-electron chi connectivity index (χ2n) is 19.2. The molecular weight excluding hydrogens is 829 g/mol. The van der Waals surface area contributed by atoms with Gasteiger partial charge in [0.05, 0.1) is 0 Å². The van der Waals surface area contributed by atoms with Crippen molar-refractivity contribution < 1.29 is 28.6 Å². The first-order valence-electron chi connectivity index (χ1n) is 28.8. The summed E-state index contributed by atoms with van der Waals surface area (Å²) in [7, 11) is 0. The number of allylic oxidation sites excluding steroid dienone is 10. The Morgan fingerprint density at radius 2 is 0.582 bits per heavy atom. The monoisotopic (exact) mass is 937 g/mol. The fourth-order valence-corrected chi connectivity index (χ4v) is 8.19. The van der Waals surface area contributed by atoms with Gasteiger partial charge in [0, 0.05) is 19.3 Å². The maximum absolute atomic E-state index is 12.8. The molecule has 1 unspecified atom stereocenters. The van der Waals surface area contributed by atoms with Crippen LogP contribution in [0.1, 0.15) is 290 Å². The highest BCUT2D eigenvalue weighted by atomic mass is 16.6. The van der Waals surface area contributed by atoms with E-state index in [0.717, 1.165) is 83.5 Å². The van der Waals surface area contributed by atoms with Crippen molar-refractivity contribution in [2.24, 2.45) is 0 Å². The van der Waals surface area contributed by atoms with Crippen LogP contribution >= 0.6 is 0 Å². The summed E-state index contributed by atoms with van der Waals surface area (Å²) in [4.78, 5) is 38.1. The van der Waals surface area contributed by atoms with Crippen molar-refractivity contribution in [3.63, 3.8) is 0 Å². The van der Waals surface area contributed by atoms with Gasteiger partial charge in [-0.15, -0.1) is 0 Å². The van der Waals surface area contributed by atoms with Crippen LogP contribution in [0.3, 0.4) is 0 Å². The molecule has 0 aromatic heterocycles. The third-order valence-corrected chi connectivity index (χ3v) is 12.5. The van der Waals surface area contributed by atoms with Crippen molar-refractivity contribution >= 4 is 17.9 Å². The molecule has 0 bridgehead atoms. The van der Waals surface area contributed by atoms with Gasteiger partial charge in [-0.2, -0.15) is 0 Å². The van der Waals surface area contributed by atoms with E-state index in [1.807, 2.05) is 0 Å². The van der Waals surface area contributed by atoms with Crippen LogP contribution in [0.15, 0.2) is 60.8 Å². The van der Waals surface area contributed by atoms with Gasteiger partial charge < -0.3 is 14.2 Å². The van der Waals surface area contributed by atoms with E-state index in [9.17, 15) is 14.4 Å². The summed E-state index contributed by atoms with van der Waals surface area (Å²) in [5, 5.41) is 0. The normalized spacial score (nSPS) is 12.5. The molecule has 0 spiro atoms. The van der Waals surface area contributed by atoms with Crippen LogP contribution in [-0.4, -0.2) is 37.2 Å². The third-order valence-electron chi connectivity index (χ3n) is 12.5. The average molecular weight is 938 g/mol. The number of hydrogen-bond donors (Lipinski definition) is 0. The molecule has 6 heteroatoms. The highest BCUT2D eigenvalue weighted by Gasteiger charge is 2.19. The predicted molar refractivity (Wildman–Crippen MR) is 288 cm³/mol. The largest absolute Gasteiger partial charge is 0.462 e. The van der Waals surface area contributed by atoms with Gasteiger partial charge in [-0.25, -0.2) is 0 Å². The molecule has 0 saturated heterocycles. The Hall–Kier alpha value is -2.89. The average Bonchev–Trinajstić information content (AvgIpc) is 3.33. The van der Waals surface area contributed by atoms with Crippen LogP contribution in [0, 0.1) is 0 Å². The molecule has 388 valence electrons. The molecule has 0 rings (SSSR count). The second-order valence-corrected chi connectivity index (χ2v) is 19.2. The lowest BCUT2D eigenvalue weighted by atomic mass is 10.0. The van der Waals surface area contributed by atoms with Crippen molar-refractivity contribution in [1.82, 2.24) is 0 Å². The maximum atomic E-state index is 12.8. The molecule has 0 aliphatic heterocycles. The van der Waals surface area contributed by atoms with Crippen molar-refractivity contribution in [3.8, 4) is 0 Å². The van der Waals surface area contributed by atoms with E-state index in [1.165, 1.54) is 161 Å². The molecule has 67 heavy (non-hydrogen) atoms. The van der Waals surface area contributed by atoms with Crippen LogP contribution in [0.2, 0.25) is 0 Å². The lowest BCUT2D eigenvalue weighted by molar-refractivity contribution is -0.167. The highest BCUT2D eigenvalue weighted by molar-refractivity contribution is 5.71. The Bertz CT molecular complexity index is 1210. The van der Waals surface area contributed by atoms with Gasteiger partial charge in [0.2, 0.25) is 0 Å². The SMILES string of the molecule is CC/C=C\C/C=C\C/C=C\C/C=C\CCCCC(=O)OC(COC(=O)CCCCCCC/C=C\CCCCCCC)COC(=O)CCCCCCCCCCCCCCCCCCCCCC. The Morgan fingerprint density at radius 3 is 0.955 bits per heavy atom. The number of carbonyl (C=O) groups is 3. The minimum absolute atomic E-state index is 0.0910. The van der Waals surface area contributed by atoms with Crippen LogP contribution in [0.4, 0.5) is 0 Å². The summed E-state index contributed by atoms with van der Waals surface area (Å²) < 4.78 is 16.8. The van der Waals surface area contributed by atoms with E-state index in [2.05, 4.69) is 81.5 Å². The molecule has 1 atom stereocenters. The first-order valence-corrected chi connectivity index (χ1v) is 28.8. The van der Waals surface area contributed by atoms with E-state index in [-0.39, 0.29) is 37.5 Å². The van der Waals surface area contributed by atoms with E-state index in [1.54, 1.807) is 0 Å². The van der Waals surface area contributed by atoms with Crippen molar-refractivity contribution in [1.29, 1.82) is 0 Å². The summed E-state index contributed by atoms with van der Waals surface area (Å²) in [6, 6.07) is 0. The van der Waals surface area contributed by atoms with E-state index >= 15 is 0 Å². The van der Waals surface area contributed by atoms with Crippen LogP contribution in [-0.2, 0) is 28.6 Å². The lowest BCUT2D eigenvalue weighted by Gasteiger charge is -2.18. The van der Waals surface area contributed by atoms with Gasteiger partial charge >= 0.3 is 17.9 Å².